The average Bonchev–Trinajstić information content (AvgIpc) is 3.48. The number of halogens is 2. The summed E-state index contributed by atoms with van der Waals surface area (Å²) in [6.45, 7) is 0.311. The van der Waals surface area contributed by atoms with Gasteiger partial charge in [-0.1, -0.05) is 72.3 Å². The smallest absolute Gasteiger partial charge is 0.282 e. The van der Waals surface area contributed by atoms with Gasteiger partial charge in [0, 0.05) is 10.6 Å². The molecular formula is C35H23BrClN3O4. The number of furan rings is 1. The Morgan fingerprint density at radius 1 is 0.932 bits per heavy atom. The third-order valence-electron chi connectivity index (χ3n) is 7.32. The summed E-state index contributed by atoms with van der Waals surface area (Å²) in [5.74, 6) is 1.78. The van der Waals surface area contributed by atoms with Gasteiger partial charge in [0.15, 0.2) is 5.76 Å². The van der Waals surface area contributed by atoms with Crippen LogP contribution in [0.2, 0.25) is 5.02 Å². The highest BCUT2D eigenvalue weighted by Gasteiger charge is 2.18. The van der Waals surface area contributed by atoms with E-state index in [4.69, 9.17) is 30.5 Å². The van der Waals surface area contributed by atoms with Crippen molar-refractivity contribution in [1.29, 1.82) is 0 Å². The normalized spacial score (nSPS) is 11.6. The molecule has 0 amide bonds. The molecule has 5 aromatic carbocycles. The first-order valence-corrected chi connectivity index (χ1v) is 14.9. The number of nitrogens with zero attached hydrogens (tertiary/aromatic N) is 3. The van der Waals surface area contributed by atoms with Crippen LogP contribution in [-0.4, -0.2) is 23.0 Å². The standard InChI is InChI=1S/C35H23BrClN3O4/c1-42-30-14-7-15-31-27(30)18-32(44-31)34-39-29-13-5-4-12-26(29)35(41)40(34)38-19-23-16-24(37)17-28(36)33(23)43-20-22-10-6-9-21-8-2-3-11-25(21)22/h2-19H,20H2,1H3. The number of benzene rings is 5. The quantitative estimate of drug-likeness (QED) is 0.159. The number of ether oxygens (including phenoxy) is 2. The Hall–Kier alpha value is -4.92. The van der Waals surface area contributed by atoms with Gasteiger partial charge in [0.2, 0.25) is 5.82 Å². The zero-order chi connectivity index (χ0) is 30.2. The fourth-order valence-electron chi connectivity index (χ4n) is 5.23. The van der Waals surface area contributed by atoms with Crippen LogP contribution in [0.1, 0.15) is 11.1 Å². The van der Waals surface area contributed by atoms with Crippen molar-refractivity contribution in [3.05, 3.63) is 134 Å². The molecule has 0 saturated carbocycles. The minimum atomic E-state index is -0.353. The maximum atomic E-state index is 13.8. The van der Waals surface area contributed by atoms with Crippen LogP contribution < -0.4 is 15.0 Å². The van der Waals surface area contributed by atoms with Crippen molar-refractivity contribution < 1.29 is 13.9 Å². The highest BCUT2D eigenvalue weighted by atomic mass is 79.9. The topological polar surface area (TPSA) is 78.9 Å². The molecule has 0 bridgehead atoms. The monoisotopic (exact) mass is 663 g/mol. The van der Waals surface area contributed by atoms with Gasteiger partial charge in [0.25, 0.3) is 5.56 Å². The number of hydrogen-bond donors (Lipinski definition) is 0. The third-order valence-corrected chi connectivity index (χ3v) is 8.12. The summed E-state index contributed by atoms with van der Waals surface area (Å²) in [4.78, 5) is 18.6. The van der Waals surface area contributed by atoms with Crippen LogP contribution >= 0.6 is 27.5 Å². The molecule has 0 radical (unpaired) electrons. The van der Waals surface area contributed by atoms with Gasteiger partial charge >= 0.3 is 0 Å². The lowest BCUT2D eigenvalue weighted by Gasteiger charge is -2.14. The van der Waals surface area contributed by atoms with Gasteiger partial charge in [0.05, 0.1) is 34.1 Å². The molecule has 44 heavy (non-hydrogen) atoms. The Morgan fingerprint density at radius 2 is 1.70 bits per heavy atom. The molecule has 2 heterocycles. The van der Waals surface area contributed by atoms with Crippen molar-refractivity contribution in [3.8, 4) is 23.1 Å². The lowest BCUT2D eigenvalue weighted by Crippen LogP contribution is -2.20. The Balaban J connectivity index is 1.33. The van der Waals surface area contributed by atoms with Crippen molar-refractivity contribution in [1.82, 2.24) is 9.66 Å². The molecular weight excluding hydrogens is 642 g/mol. The highest BCUT2D eigenvalue weighted by molar-refractivity contribution is 9.10. The van der Waals surface area contributed by atoms with E-state index < -0.39 is 0 Å². The fraction of sp³-hybridized carbons (Fsp3) is 0.0571. The van der Waals surface area contributed by atoms with E-state index in [0.717, 1.165) is 21.7 Å². The lowest BCUT2D eigenvalue weighted by atomic mass is 10.1. The van der Waals surface area contributed by atoms with Crippen molar-refractivity contribution in [2.45, 2.75) is 6.61 Å². The molecule has 9 heteroatoms. The Morgan fingerprint density at radius 3 is 2.57 bits per heavy atom. The second-order valence-corrected chi connectivity index (χ2v) is 11.3. The number of fused-ring (bicyclic) bond motifs is 3. The second-order valence-electron chi connectivity index (χ2n) is 10.0. The van der Waals surface area contributed by atoms with Crippen LogP contribution in [0.3, 0.4) is 0 Å². The summed E-state index contributed by atoms with van der Waals surface area (Å²) >= 11 is 10.1. The largest absolute Gasteiger partial charge is 0.496 e. The van der Waals surface area contributed by atoms with E-state index in [2.05, 4.69) is 39.2 Å². The third kappa shape index (κ3) is 5.12. The SMILES string of the molecule is COc1cccc2oc(-c3nc4ccccc4c(=O)n3N=Cc3cc(Cl)cc(Br)c3OCc3cccc4ccccc34)cc12. The predicted octanol–water partition coefficient (Wildman–Crippen LogP) is 8.85. The van der Waals surface area contributed by atoms with E-state index in [0.29, 0.717) is 55.4 Å². The predicted molar refractivity (Wildman–Crippen MR) is 178 cm³/mol. The molecule has 0 N–H and O–H groups in total. The summed E-state index contributed by atoms with van der Waals surface area (Å²) in [6, 6.07) is 32.2. The van der Waals surface area contributed by atoms with Gasteiger partial charge < -0.3 is 13.9 Å². The Bertz CT molecular complexity index is 2290. The molecule has 0 aliphatic carbocycles. The van der Waals surface area contributed by atoms with Gasteiger partial charge in [-0.05, 0) is 74.7 Å². The van der Waals surface area contributed by atoms with E-state index in [1.807, 2.05) is 48.5 Å². The average molecular weight is 665 g/mol. The molecule has 7 nitrogen and oxygen atoms in total. The molecule has 0 fully saturated rings. The van der Waals surface area contributed by atoms with Gasteiger partial charge in [-0.15, -0.1) is 0 Å². The summed E-state index contributed by atoms with van der Waals surface area (Å²) in [6.07, 6.45) is 1.54. The fourth-order valence-corrected chi connectivity index (χ4v) is 6.18. The lowest BCUT2D eigenvalue weighted by molar-refractivity contribution is 0.305. The zero-order valence-electron chi connectivity index (χ0n) is 23.3. The molecule has 0 atom stereocenters. The van der Waals surface area contributed by atoms with E-state index in [9.17, 15) is 4.79 Å². The van der Waals surface area contributed by atoms with Crippen LogP contribution in [0.5, 0.6) is 11.5 Å². The first kappa shape index (κ1) is 27.9. The molecule has 7 rings (SSSR count). The number of methoxy groups -OCH3 is 1. The van der Waals surface area contributed by atoms with Crippen molar-refractivity contribution in [2.75, 3.05) is 7.11 Å². The van der Waals surface area contributed by atoms with E-state index in [1.165, 1.54) is 4.68 Å². The molecule has 2 aromatic heterocycles. The van der Waals surface area contributed by atoms with Crippen LogP contribution in [-0.2, 0) is 6.61 Å². The van der Waals surface area contributed by atoms with Crippen molar-refractivity contribution >= 4 is 66.4 Å². The second kappa shape index (κ2) is 11.6. The van der Waals surface area contributed by atoms with Gasteiger partial charge in [-0.25, -0.2) is 4.98 Å². The number of hydrogen-bond acceptors (Lipinski definition) is 6. The first-order chi connectivity index (χ1) is 21.5. The van der Waals surface area contributed by atoms with Crippen LogP contribution in [0.15, 0.2) is 122 Å². The minimum absolute atomic E-state index is 0.238. The Labute approximate surface area is 265 Å². The zero-order valence-corrected chi connectivity index (χ0v) is 25.7. The summed E-state index contributed by atoms with van der Waals surface area (Å²) < 4.78 is 19.9. The number of rotatable bonds is 7. The maximum absolute atomic E-state index is 13.8. The molecule has 7 aromatic rings. The van der Waals surface area contributed by atoms with Crippen LogP contribution in [0.25, 0.3) is 44.2 Å². The molecule has 0 spiro atoms. The molecule has 0 unspecified atom stereocenters. The number of aromatic nitrogens is 2. The highest BCUT2D eigenvalue weighted by Crippen LogP contribution is 2.35. The Kier molecular flexibility index (Phi) is 7.37. The number of para-hydroxylation sites is 1. The van der Waals surface area contributed by atoms with E-state index in [-0.39, 0.29) is 11.4 Å². The van der Waals surface area contributed by atoms with Gasteiger partial charge in [0.1, 0.15) is 23.7 Å². The van der Waals surface area contributed by atoms with Gasteiger partial charge in [-0.2, -0.15) is 9.78 Å². The summed E-state index contributed by atoms with van der Waals surface area (Å²) in [7, 11) is 1.60. The summed E-state index contributed by atoms with van der Waals surface area (Å²) in [5.41, 5.74) is 2.37. The maximum Gasteiger partial charge on any atom is 0.282 e. The van der Waals surface area contributed by atoms with E-state index in [1.54, 1.807) is 49.7 Å². The van der Waals surface area contributed by atoms with E-state index >= 15 is 0 Å². The van der Waals surface area contributed by atoms with Crippen LogP contribution in [0.4, 0.5) is 0 Å². The van der Waals surface area contributed by atoms with Crippen LogP contribution in [0, 0.1) is 0 Å². The van der Waals surface area contributed by atoms with Crippen molar-refractivity contribution in [2.24, 2.45) is 5.10 Å². The first-order valence-electron chi connectivity index (χ1n) is 13.7. The molecule has 0 aliphatic rings. The van der Waals surface area contributed by atoms with Crippen molar-refractivity contribution in [3.63, 3.8) is 0 Å². The molecule has 0 saturated heterocycles. The minimum Gasteiger partial charge on any atom is -0.496 e. The van der Waals surface area contributed by atoms with Gasteiger partial charge in [-0.3, -0.25) is 4.79 Å². The summed E-state index contributed by atoms with van der Waals surface area (Å²) in [5, 5.41) is 8.52. The molecule has 216 valence electrons. The molecule has 0 aliphatic heterocycles.